The summed E-state index contributed by atoms with van der Waals surface area (Å²) in [6, 6.07) is 16.2. The van der Waals surface area contributed by atoms with Gasteiger partial charge in [0, 0.05) is 24.9 Å². The number of unbranched alkanes of at least 4 members (excludes halogenated alkanes) is 4. The molecule has 0 bridgehead atoms. The van der Waals surface area contributed by atoms with Crippen LogP contribution < -0.4 is 14.8 Å². The van der Waals surface area contributed by atoms with Crippen molar-refractivity contribution >= 4 is 5.69 Å². The van der Waals surface area contributed by atoms with Crippen LogP contribution >= 0.6 is 0 Å². The number of benzene rings is 2. The molecule has 2 aromatic rings. The molecule has 2 rings (SSSR count). The number of nitrogens with one attached hydrogen (secondary N) is 1. The van der Waals surface area contributed by atoms with Gasteiger partial charge in [-0.25, -0.2) is 0 Å². The number of ether oxygens (including phenoxy) is 3. The zero-order chi connectivity index (χ0) is 19.2. The number of hydrogen-bond acceptors (Lipinski definition) is 4. The van der Waals surface area contributed by atoms with E-state index in [1.165, 1.54) is 25.7 Å². The van der Waals surface area contributed by atoms with Crippen LogP contribution in [0.3, 0.4) is 0 Å². The van der Waals surface area contributed by atoms with E-state index in [1.807, 2.05) is 30.3 Å². The molecule has 0 unspecified atom stereocenters. The van der Waals surface area contributed by atoms with Crippen molar-refractivity contribution in [2.24, 2.45) is 0 Å². The standard InChI is InChI=1S/C23H33NO3/c1-3-4-5-6-9-16-26-22-14-12-21(13-15-22)24-19-20-10-7-8-11-23(20)27-18-17-25-2/h7-8,10-15,24H,3-6,9,16-19H2,1-2H3. The van der Waals surface area contributed by atoms with Gasteiger partial charge in [-0.3, -0.25) is 0 Å². The third kappa shape index (κ3) is 8.35. The van der Waals surface area contributed by atoms with E-state index in [1.54, 1.807) is 7.11 Å². The lowest BCUT2D eigenvalue weighted by Crippen LogP contribution is -2.07. The molecule has 0 saturated heterocycles. The lowest BCUT2D eigenvalue weighted by Gasteiger charge is -2.13. The van der Waals surface area contributed by atoms with Crippen molar-refractivity contribution in [3.05, 3.63) is 54.1 Å². The van der Waals surface area contributed by atoms with Crippen LogP contribution in [-0.2, 0) is 11.3 Å². The molecule has 0 aliphatic carbocycles. The second kappa shape index (κ2) is 13.0. The lowest BCUT2D eigenvalue weighted by atomic mass is 10.2. The molecule has 2 aromatic carbocycles. The van der Waals surface area contributed by atoms with E-state index in [9.17, 15) is 0 Å². The van der Waals surface area contributed by atoms with Gasteiger partial charge in [0.05, 0.1) is 13.2 Å². The highest BCUT2D eigenvalue weighted by Gasteiger charge is 2.03. The van der Waals surface area contributed by atoms with Gasteiger partial charge in [-0.05, 0) is 36.8 Å². The van der Waals surface area contributed by atoms with Crippen molar-refractivity contribution < 1.29 is 14.2 Å². The summed E-state index contributed by atoms with van der Waals surface area (Å²) in [6.45, 7) is 4.88. The molecule has 0 fully saturated rings. The number of rotatable bonds is 14. The molecule has 0 aliphatic heterocycles. The number of methoxy groups -OCH3 is 1. The second-order valence-corrected chi connectivity index (χ2v) is 6.59. The highest BCUT2D eigenvalue weighted by molar-refractivity contribution is 5.47. The van der Waals surface area contributed by atoms with Crippen molar-refractivity contribution in [1.82, 2.24) is 0 Å². The summed E-state index contributed by atoms with van der Waals surface area (Å²) in [5, 5.41) is 3.44. The quantitative estimate of drug-likeness (QED) is 0.434. The first-order valence-electron chi connectivity index (χ1n) is 10.00. The maximum Gasteiger partial charge on any atom is 0.124 e. The molecule has 4 nitrogen and oxygen atoms in total. The van der Waals surface area contributed by atoms with Gasteiger partial charge in [0.25, 0.3) is 0 Å². The number of para-hydroxylation sites is 1. The summed E-state index contributed by atoms with van der Waals surface area (Å²) < 4.78 is 16.6. The molecular formula is C23H33NO3. The number of hydrogen-bond donors (Lipinski definition) is 1. The third-order valence-corrected chi connectivity index (χ3v) is 4.37. The van der Waals surface area contributed by atoms with Gasteiger partial charge in [0.1, 0.15) is 18.1 Å². The van der Waals surface area contributed by atoms with E-state index in [2.05, 4.69) is 30.4 Å². The van der Waals surface area contributed by atoms with Gasteiger partial charge in [-0.1, -0.05) is 50.8 Å². The molecule has 27 heavy (non-hydrogen) atoms. The van der Waals surface area contributed by atoms with Crippen molar-refractivity contribution in [1.29, 1.82) is 0 Å². The lowest BCUT2D eigenvalue weighted by molar-refractivity contribution is 0.146. The Labute approximate surface area is 163 Å². The molecule has 0 aromatic heterocycles. The first kappa shape index (κ1) is 21.1. The smallest absolute Gasteiger partial charge is 0.124 e. The van der Waals surface area contributed by atoms with E-state index in [-0.39, 0.29) is 0 Å². The maximum absolute atomic E-state index is 5.82. The molecule has 4 heteroatoms. The van der Waals surface area contributed by atoms with Crippen LogP contribution in [-0.4, -0.2) is 26.9 Å². The summed E-state index contributed by atoms with van der Waals surface area (Å²) in [7, 11) is 1.68. The van der Waals surface area contributed by atoms with Crippen LogP contribution in [0.15, 0.2) is 48.5 Å². The summed E-state index contributed by atoms with van der Waals surface area (Å²) in [4.78, 5) is 0. The van der Waals surface area contributed by atoms with Gasteiger partial charge in [0.15, 0.2) is 0 Å². The molecule has 0 atom stereocenters. The molecular weight excluding hydrogens is 338 g/mol. The van der Waals surface area contributed by atoms with Crippen LogP contribution in [0.5, 0.6) is 11.5 Å². The van der Waals surface area contributed by atoms with Crippen LogP contribution in [0.1, 0.15) is 44.6 Å². The average Bonchev–Trinajstić information content (AvgIpc) is 2.71. The third-order valence-electron chi connectivity index (χ3n) is 4.37. The van der Waals surface area contributed by atoms with E-state index in [4.69, 9.17) is 14.2 Å². The Morgan fingerprint density at radius 3 is 2.33 bits per heavy atom. The van der Waals surface area contributed by atoms with Crippen molar-refractivity contribution in [3.63, 3.8) is 0 Å². The minimum absolute atomic E-state index is 0.554. The molecule has 0 heterocycles. The first-order chi connectivity index (χ1) is 13.3. The molecule has 148 valence electrons. The Balaban J connectivity index is 1.75. The predicted octanol–water partition coefficient (Wildman–Crippen LogP) is 5.67. The van der Waals surface area contributed by atoms with Gasteiger partial charge >= 0.3 is 0 Å². The zero-order valence-corrected chi connectivity index (χ0v) is 16.7. The normalized spacial score (nSPS) is 10.6. The van der Waals surface area contributed by atoms with E-state index in [0.717, 1.165) is 35.8 Å². The summed E-state index contributed by atoms with van der Waals surface area (Å²) in [5.41, 5.74) is 2.19. The Morgan fingerprint density at radius 2 is 1.56 bits per heavy atom. The SMILES string of the molecule is CCCCCCCOc1ccc(NCc2ccccc2OCCOC)cc1. The van der Waals surface area contributed by atoms with E-state index in [0.29, 0.717) is 19.8 Å². The minimum Gasteiger partial charge on any atom is -0.494 e. The van der Waals surface area contributed by atoms with Gasteiger partial charge in [-0.2, -0.15) is 0 Å². The van der Waals surface area contributed by atoms with Gasteiger partial charge < -0.3 is 19.5 Å². The minimum atomic E-state index is 0.554. The summed E-state index contributed by atoms with van der Waals surface area (Å²) in [5.74, 6) is 1.82. The molecule has 0 radical (unpaired) electrons. The van der Waals surface area contributed by atoms with Crippen LogP contribution in [0.4, 0.5) is 5.69 Å². The second-order valence-electron chi connectivity index (χ2n) is 6.59. The van der Waals surface area contributed by atoms with Crippen molar-refractivity contribution in [2.75, 3.05) is 32.2 Å². The summed E-state index contributed by atoms with van der Waals surface area (Å²) >= 11 is 0. The van der Waals surface area contributed by atoms with E-state index < -0.39 is 0 Å². The van der Waals surface area contributed by atoms with Crippen molar-refractivity contribution in [3.8, 4) is 11.5 Å². The largest absolute Gasteiger partial charge is 0.494 e. The topological polar surface area (TPSA) is 39.7 Å². The number of anilines is 1. The molecule has 0 spiro atoms. The highest BCUT2D eigenvalue weighted by Crippen LogP contribution is 2.21. The van der Waals surface area contributed by atoms with Crippen molar-refractivity contribution in [2.45, 2.75) is 45.6 Å². The molecule has 0 aliphatic rings. The molecule has 1 N–H and O–H groups in total. The fraction of sp³-hybridized carbons (Fsp3) is 0.478. The van der Waals surface area contributed by atoms with Crippen LogP contribution in [0, 0.1) is 0 Å². The van der Waals surface area contributed by atoms with Gasteiger partial charge in [0.2, 0.25) is 0 Å². The van der Waals surface area contributed by atoms with Gasteiger partial charge in [-0.15, -0.1) is 0 Å². The monoisotopic (exact) mass is 371 g/mol. The molecule has 0 saturated carbocycles. The first-order valence-corrected chi connectivity index (χ1v) is 10.00. The maximum atomic E-state index is 5.82. The Kier molecular flexibility index (Phi) is 10.2. The van der Waals surface area contributed by atoms with Crippen LogP contribution in [0.25, 0.3) is 0 Å². The Hall–Kier alpha value is -2.20. The highest BCUT2D eigenvalue weighted by atomic mass is 16.5. The van der Waals surface area contributed by atoms with E-state index >= 15 is 0 Å². The Bertz CT molecular complexity index is 628. The summed E-state index contributed by atoms with van der Waals surface area (Å²) in [6.07, 6.45) is 6.28. The fourth-order valence-electron chi connectivity index (χ4n) is 2.79. The Morgan fingerprint density at radius 1 is 0.778 bits per heavy atom. The average molecular weight is 372 g/mol. The predicted molar refractivity (Wildman–Crippen MR) is 112 cm³/mol. The fourth-order valence-corrected chi connectivity index (χ4v) is 2.79. The zero-order valence-electron chi connectivity index (χ0n) is 16.7. The van der Waals surface area contributed by atoms with Crippen LogP contribution in [0.2, 0.25) is 0 Å². The molecule has 0 amide bonds.